The third-order valence-corrected chi connectivity index (χ3v) is 3.55. The first kappa shape index (κ1) is 16.5. The maximum atomic E-state index is 13.6. The van der Waals surface area contributed by atoms with Gasteiger partial charge in [-0.05, 0) is 36.4 Å². The first-order chi connectivity index (χ1) is 12.1. The number of benzene rings is 2. The molecule has 0 atom stereocenters. The van der Waals surface area contributed by atoms with Gasteiger partial charge in [0, 0.05) is 12.7 Å². The summed E-state index contributed by atoms with van der Waals surface area (Å²) in [5, 5.41) is 10.2. The van der Waals surface area contributed by atoms with E-state index in [9.17, 15) is 13.6 Å². The number of nitrogens with zero attached hydrogens (tertiary/aromatic N) is 3. The van der Waals surface area contributed by atoms with Gasteiger partial charge >= 0.3 is 0 Å². The van der Waals surface area contributed by atoms with E-state index < -0.39 is 11.6 Å². The molecule has 2 aromatic carbocycles. The van der Waals surface area contributed by atoms with Crippen molar-refractivity contribution in [3.8, 4) is 0 Å². The normalized spacial score (nSPS) is 10.4. The maximum Gasteiger partial charge on any atom is 0.278 e. The summed E-state index contributed by atoms with van der Waals surface area (Å²) in [6.07, 6.45) is 0. The number of carbonyl (C=O) groups excluding carboxylic acids is 1. The number of aromatic nitrogens is 2. The summed E-state index contributed by atoms with van der Waals surface area (Å²) in [4.78, 5) is 13.8. The molecule has 1 heterocycles. The molecule has 1 N–H and O–H groups in total. The van der Waals surface area contributed by atoms with Gasteiger partial charge in [-0.1, -0.05) is 24.3 Å². The third kappa shape index (κ3) is 3.60. The molecule has 1 aromatic heterocycles. The number of nitrogens with one attached hydrogen (secondary N) is 1. The molecule has 5 nitrogen and oxygen atoms in total. The first-order valence-corrected chi connectivity index (χ1v) is 7.44. The summed E-state index contributed by atoms with van der Waals surface area (Å²) in [5.41, 5.74) is 0.508. The van der Waals surface area contributed by atoms with Crippen LogP contribution in [0, 0.1) is 11.6 Å². The van der Waals surface area contributed by atoms with Crippen LogP contribution in [0.1, 0.15) is 10.5 Å². The lowest BCUT2D eigenvalue weighted by atomic mass is 10.2. The minimum absolute atomic E-state index is 0.117. The predicted molar refractivity (Wildman–Crippen MR) is 90.8 cm³/mol. The van der Waals surface area contributed by atoms with E-state index in [1.54, 1.807) is 19.2 Å². The number of hydrogen-bond donors (Lipinski definition) is 1. The Morgan fingerprint density at radius 3 is 2.20 bits per heavy atom. The molecular formula is C18H14F2N4O. The molecule has 3 aromatic rings. The van der Waals surface area contributed by atoms with E-state index in [1.165, 1.54) is 23.1 Å². The van der Waals surface area contributed by atoms with Gasteiger partial charge in [0.15, 0.2) is 11.5 Å². The number of para-hydroxylation sites is 2. The highest BCUT2D eigenvalue weighted by atomic mass is 19.1. The van der Waals surface area contributed by atoms with Crippen molar-refractivity contribution in [2.24, 2.45) is 0 Å². The molecule has 0 fully saturated rings. The average molecular weight is 340 g/mol. The van der Waals surface area contributed by atoms with Crippen molar-refractivity contribution in [1.29, 1.82) is 0 Å². The maximum absolute atomic E-state index is 13.6. The van der Waals surface area contributed by atoms with Crippen molar-refractivity contribution < 1.29 is 13.6 Å². The van der Waals surface area contributed by atoms with Crippen LogP contribution >= 0.6 is 0 Å². The molecule has 0 bridgehead atoms. The van der Waals surface area contributed by atoms with Crippen molar-refractivity contribution in [2.75, 3.05) is 17.3 Å². The Morgan fingerprint density at radius 1 is 0.920 bits per heavy atom. The Labute approximate surface area is 142 Å². The van der Waals surface area contributed by atoms with Crippen LogP contribution in [0.3, 0.4) is 0 Å². The van der Waals surface area contributed by atoms with E-state index in [0.717, 1.165) is 12.1 Å². The molecule has 0 radical (unpaired) electrons. The zero-order chi connectivity index (χ0) is 17.8. The average Bonchev–Trinajstić information content (AvgIpc) is 2.65. The fraction of sp³-hybridized carbons (Fsp3) is 0.0556. The molecule has 1 amide bonds. The van der Waals surface area contributed by atoms with E-state index in [1.807, 2.05) is 18.2 Å². The summed E-state index contributed by atoms with van der Waals surface area (Å²) >= 11 is 0. The van der Waals surface area contributed by atoms with Crippen molar-refractivity contribution in [3.63, 3.8) is 0 Å². The fourth-order valence-corrected chi connectivity index (χ4v) is 2.20. The van der Waals surface area contributed by atoms with E-state index in [-0.39, 0.29) is 23.1 Å². The van der Waals surface area contributed by atoms with Gasteiger partial charge in [-0.15, -0.1) is 10.2 Å². The number of halogens is 2. The molecular weight excluding hydrogens is 326 g/mol. The molecule has 0 aliphatic rings. The Hall–Kier alpha value is -3.35. The highest BCUT2D eigenvalue weighted by Crippen LogP contribution is 2.22. The van der Waals surface area contributed by atoms with Crippen molar-refractivity contribution >= 4 is 23.1 Å². The number of hydrogen-bond acceptors (Lipinski definition) is 4. The zero-order valence-corrected chi connectivity index (χ0v) is 13.3. The molecule has 0 aliphatic carbocycles. The first-order valence-electron chi connectivity index (χ1n) is 7.44. The number of rotatable bonds is 4. The van der Waals surface area contributed by atoms with E-state index >= 15 is 0 Å². The minimum Gasteiger partial charge on any atom is -0.334 e. The lowest BCUT2D eigenvalue weighted by Crippen LogP contribution is -2.27. The molecule has 3 rings (SSSR count). The van der Waals surface area contributed by atoms with Crippen LogP contribution in [-0.2, 0) is 0 Å². The topological polar surface area (TPSA) is 58.1 Å². The van der Waals surface area contributed by atoms with Gasteiger partial charge in [0.25, 0.3) is 5.91 Å². The summed E-state index contributed by atoms with van der Waals surface area (Å²) in [6.45, 7) is 0. The zero-order valence-electron chi connectivity index (χ0n) is 13.3. The Kier molecular flexibility index (Phi) is 4.65. The molecule has 0 saturated heterocycles. The minimum atomic E-state index is -0.745. The van der Waals surface area contributed by atoms with Crippen LogP contribution < -0.4 is 10.2 Å². The number of carbonyl (C=O) groups is 1. The molecule has 25 heavy (non-hydrogen) atoms. The number of amides is 1. The fourth-order valence-electron chi connectivity index (χ4n) is 2.20. The molecule has 126 valence electrons. The summed E-state index contributed by atoms with van der Waals surface area (Å²) in [5.74, 6) is -1.71. The van der Waals surface area contributed by atoms with Crippen LogP contribution in [0.5, 0.6) is 0 Å². The quantitative estimate of drug-likeness (QED) is 0.785. The Morgan fingerprint density at radius 2 is 1.60 bits per heavy atom. The van der Waals surface area contributed by atoms with Gasteiger partial charge in [-0.25, -0.2) is 8.78 Å². The molecule has 0 spiro atoms. The van der Waals surface area contributed by atoms with Gasteiger partial charge in [0.2, 0.25) is 0 Å². The summed E-state index contributed by atoms with van der Waals surface area (Å²) < 4.78 is 27.3. The smallest absolute Gasteiger partial charge is 0.278 e. The SMILES string of the molecule is CN(C(=O)c1ccc(Nc2c(F)cccc2F)nn1)c1ccccc1. The van der Waals surface area contributed by atoms with E-state index in [0.29, 0.717) is 5.69 Å². The summed E-state index contributed by atoms with van der Waals surface area (Å²) in [7, 11) is 1.63. The van der Waals surface area contributed by atoms with Gasteiger partial charge in [-0.2, -0.15) is 0 Å². The van der Waals surface area contributed by atoms with Crippen LogP contribution in [0.15, 0.2) is 60.7 Å². The molecule has 7 heteroatoms. The standard InChI is InChI=1S/C18H14F2N4O/c1-24(12-6-3-2-4-7-12)18(25)15-10-11-16(23-22-15)21-17-13(19)8-5-9-14(17)20/h2-11H,1H3,(H,21,23). The van der Waals surface area contributed by atoms with Crippen LogP contribution in [0.25, 0.3) is 0 Å². The second-order valence-corrected chi connectivity index (χ2v) is 5.23. The highest BCUT2D eigenvalue weighted by molar-refractivity contribution is 6.04. The van der Waals surface area contributed by atoms with Crippen LogP contribution in [0.2, 0.25) is 0 Å². The highest BCUT2D eigenvalue weighted by Gasteiger charge is 2.16. The second kappa shape index (κ2) is 7.04. The lowest BCUT2D eigenvalue weighted by Gasteiger charge is -2.16. The Bertz CT molecular complexity index is 865. The molecule has 0 unspecified atom stereocenters. The van der Waals surface area contributed by atoms with Gasteiger partial charge in [-0.3, -0.25) is 4.79 Å². The monoisotopic (exact) mass is 340 g/mol. The molecule has 0 aliphatic heterocycles. The van der Waals surface area contributed by atoms with Crippen molar-refractivity contribution in [2.45, 2.75) is 0 Å². The second-order valence-electron chi connectivity index (χ2n) is 5.23. The van der Waals surface area contributed by atoms with Crippen molar-refractivity contribution in [3.05, 3.63) is 78.0 Å². The molecule has 0 saturated carbocycles. The lowest BCUT2D eigenvalue weighted by molar-refractivity contribution is 0.0987. The van der Waals surface area contributed by atoms with Gasteiger partial charge in [0.05, 0.1) is 0 Å². The van der Waals surface area contributed by atoms with Gasteiger partial charge < -0.3 is 10.2 Å². The van der Waals surface area contributed by atoms with Crippen molar-refractivity contribution in [1.82, 2.24) is 10.2 Å². The van der Waals surface area contributed by atoms with Gasteiger partial charge in [0.1, 0.15) is 17.3 Å². The number of anilines is 3. The van der Waals surface area contributed by atoms with Crippen LogP contribution in [0.4, 0.5) is 26.0 Å². The van der Waals surface area contributed by atoms with Crippen LogP contribution in [-0.4, -0.2) is 23.2 Å². The Balaban J connectivity index is 1.77. The van der Waals surface area contributed by atoms with E-state index in [2.05, 4.69) is 15.5 Å². The predicted octanol–water partition coefficient (Wildman–Crippen LogP) is 3.78. The largest absolute Gasteiger partial charge is 0.334 e. The van der Waals surface area contributed by atoms with E-state index in [4.69, 9.17) is 0 Å². The third-order valence-electron chi connectivity index (χ3n) is 3.55. The summed E-state index contributed by atoms with van der Waals surface area (Å²) in [6, 6.07) is 15.5.